The van der Waals surface area contributed by atoms with Crippen LogP contribution in [-0.2, 0) is 4.79 Å². The Balaban J connectivity index is 1.70. The van der Waals surface area contributed by atoms with E-state index in [1.54, 1.807) is 16.0 Å². The molecule has 3 heterocycles. The Bertz CT molecular complexity index is 1160. The van der Waals surface area contributed by atoms with Crippen molar-refractivity contribution in [2.24, 2.45) is 0 Å². The number of hydrogen-bond acceptors (Lipinski definition) is 4. The Hall–Kier alpha value is -2.51. The van der Waals surface area contributed by atoms with Crippen molar-refractivity contribution < 1.29 is 4.79 Å². The molecule has 1 N–H and O–H groups in total. The Kier molecular flexibility index (Phi) is 3.87. The van der Waals surface area contributed by atoms with Gasteiger partial charge in [0, 0.05) is 22.4 Å². The summed E-state index contributed by atoms with van der Waals surface area (Å²) in [6.07, 6.45) is 0.405. The molecule has 134 valence electrons. The fourth-order valence-corrected chi connectivity index (χ4v) is 5.14. The normalized spacial score (nSPS) is 16.4. The van der Waals surface area contributed by atoms with Crippen molar-refractivity contribution in [1.82, 2.24) is 14.8 Å². The van der Waals surface area contributed by atoms with Gasteiger partial charge in [0.15, 0.2) is 0 Å². The second-order valence-corrected chi connectivity index (χ2v) is 8.41. The number of para-hydroxylation sites is 1. The zero-order chi connectivity index (χ0) is 18.5. The molecular formula is C20H15BrN4OS. The van der Waals surface area contributed by atoms with Gasteiger partial charge in [0.25, 0.3) is 0 Å². The highest BCUT2D eigenvalue weighted by Gasteiger charge is 2.34. The van der Waals surface area contributed by atoms with Crippen LogP contribution in [0.4, 0.5) is 5.82 Å². The van der Waals surface area contributed by atoms with Crippen LogP contribution in [0.3, 0.4) is 0 Å². The van der Waals surface area contributed by atoms with Gasteiger partial charge in [-0.15, -0.1) is 0 Å². The topological polar surface area (TPSA) is 59.8 Å². The van der Waals surface area contributed by atoms with Crippen molar-refractivity contribution in [2.45, 2.75) is 19.3 Å². The molecule has 1 aliphatic rings. The molecule has 0 aliphatic carbocycles. The highest BCUT2D eigenvalue weighted by Crippen LogP contribution is 2.42. The Morgan fingerprint density at radius 2 is 1.96 bits per heavy atom. The average molecular weight is 439 g/mol. The zero-order valence-corrected chi connectivity index (χ0v) is 16.8. The number of amides is 1. The van der Waals surface area contributed by atoms with Crippen LogP contribution in [0.2, 0.25) is 0 Å². The summed E-state index contributed by atoms with van der Waals surface area (Å²) in [5.41, 5.74) is 4.00. The van der Waals surface area contributed by atoms with E-state index in [0.717, 1.165) is 42.5 Å². The predicted molar refractivity (Wildman–Crippen MR) is 111 cm³/mol. The lowest BCUT2D eigenvalue weighted by molar-refractivity contribution is -0.116. The second-order valence-electron chi connectivity index (χ2n) is 6.55. The maximum atomic E-state index is 12.5. The van der Waals surface area contributed by atoms with Crippen LogP contribution in [0.1, 0.15) is 29.2 Å². The molecule has 1 atom stereocenters. The van der Waals surface area contributed by atoms with E-state index in [4.69, 9.17) is 10.1 Å². The summed E-state index contributed by atoms with van der Waals surface area (Å²) in [6, 6.07) is 16.1. The zero-order valence-electron chi connectivity index (χ0n) is 14.4. The fraction of sp³-hybridized carbons (Fsp3) is 0.150. The number of aryl methyl sites for hydroxylation is 1. The van der Waals surface area contributed by atoms with E-state index in [9.17, 15) is 4.79 Å². The van der Waals surface area contributed by atoms with E-state index in [1.165, 1.54) is 0 Å². The maximum absolute atomic E-state index is 12.5. The molecule has 1 amide bonds. The van der Waals surface area contributed by atoms with E-state index >= 15 is 0 Å². The molecule has 27 heavy (non-hydrogen) atoms. The molecule has 2 aromatic carbocycles. The highest BCUT2D eigenvalue weighted by molar-refractivity contribution is 9.10. The molecule has 1 aliphatic heterocycles. The number of carbonyl (C=O) groups is 1. The third kappa shape index (κ3) is 2.69. The number of carbonyl (C=O) groups excluding carboxylic acids is 1. The first-order valence-corrected chi connectivity index (χ1v) is 10.2. The molecule has 5 nitrogen and oxygen atoms in total. The van der Waals surface area contributed by atoms with E-state index in [-0.39, 0.29) is 11.8 Å². The average Bonchev–Trinajstić information content (AvgIpc) is 3.22. The number of thiazole rings is 1. The molecular weight excluding hydrogens is 424 g/mol. The van der Waals surface area contributed by atoms with E-state index in [0.29, 0.717) is 6.42 Å². The minimum Gasteiger partial charge on any atom is -0.310 e. The first kappa shape index (κ1) is 16.6. The maximum Gasteiger partial charge on any atom is 0.226 e. The van der Waals surface area contributed by atoms with Crippen molar-refractivity contribution in [1.29, 1.82) is 0 Å². The van der Waals surface area contributed by atoms with E-state index < -0.39 is 0 Å². The molecule has 7 heteroatoms. The summed E-state index contributed by atoms with van der Waals surface area (Å²) in [5, 5.41) is 8.51. The molecule has 0 spiro atoms. The molecule has 5 rings (SSSR count). The number of anilines is 1. The van der Waals surface area contributed by atoms with Gasteiger partial charge in [-0.2, -0.15) is 9.78 Å². The molecule has 0 bridgehead atoms. The van der Waals surface area contributed by atoms with Crippen LogP contribution in [-0.4, -0.2) is 20.7 Å². The van der Waals surface area contributed by atoms with Gasteiger partial charge in [0.1, 0.15) is 5.82 Å². The molecule has 2 aromatic heterocycles. The van der Waals surface area contributed by atoms with Gasteiger partial charge in [-0.05, 0) is 30.7 Å². The van der Waals surface area contributed by atoms with Gasteiger partial charge in [0.05, 0.1) is 15.9 Å². The quantitative estimate of drug-likeness (QED) is 0.477. The molecule has 0 saturated heterocycles. The lowest BCUT2D eigenvalue weighted by Gasteiger charge is -2.24. The first-order chi connectivity index (χ1) is 13.1. The van der Waals surface area contributed by atoms with Gasteiger partial charge in [-0.1, -0.05) is 57.6 Å². The summed E-state index contributed by atoms with van der Waals surface area (Å²) in [5.74, 6) is 0.682. The van der Waals surface area contributed by atoms with Crippen molar-refractivity contribution in [3.05, 3.63) is 69.8 Å². The van der Waals surface area contributed by atoms with Crippen LogP contribution in [0, 0.1) is 6.92 Å². The van der Waals surface area contributed by atoms with E-state index in [1.807, 2.05) is 49.4 Å². The number of fused-ring (bicyclic) bond motifs is 2. The molecule has 0 fully saturated rings. The van der Waals surface area contributed by atoms with Crippen LogP contribution >= 0.6 is 27.3 Å². The van der Waals surface area contributed by atoms with Gasteiger partial charge >= 0.3 is 0 Å². The molecule has 0 radical (unpaired) electrons. The largest absolute Gasteiger partial charge is 0.310 e. The smallest absolute Gasteiger partial charge is 0.226 e. The number of nitrogens with one attached hydrogen (secondary N) is 1. The van der Waals surface area contributed by atoms with E-state index in [2.05, 4.69) is 27.3 Å². The summed E-state index contributed by atoms with van der Waals surface area (Å²) in [7, 11) is 0. The highest BCUT2D eigenvalue weighted by atomic mass is 79.9. The summed E-state index contributed by atoms with van der Waals surface area (Å²) in [6.45, 7) is 1.99. The van der Waals surface area contributed by atoms with Crippen LogP contribution in [0.5, 0.6) is 0 Å². The molecule has 0 unspecified atom stereocenters. The van der Waals surface area contributed by atoms with Crippen molar-refractivity contribution in [3.63, 3.8) is 0 Å². The summed E-state index contributed by atoms with van der Waals surface area (Å²) in [4.78, 5) is 17.2. The van der Waals surface area contributed by atoms with Crippen LogP contribution in [0.15, 0.2) is 53.0 Å². The third-order valence-electron chi connectivity index (χ3n) is 4.85. The number of nitrogens with zero attached hydrogens (tertiary/aromatic N) is 3. The lowest BCUT2D eigenvalue weighted by Crippen LogP contribution is -2.25. The van der Waals surface area contributed by atoms with Crippen molar-refractivity contribution >= 4 is 49.2 Å². The SMILES string of the molecule is Cc1nn(-c2nc3ccccc3s2)c2c1[C@H](c1ccccc1Br)CC(=O)N2. The number of aromatic nitrogens is 3. The van der Waals surface area contributed by atoms with Crippen molar-refractivity contribution in [2.75, 3.05) is 5.32 Å². The lowest BCUT2D eigenvalue weighted by atomic mass is 9.86. The minimum absolute atomic E-state index is 0.00878. The molecule has 4 aromatic rings. The molecule has 0 saturated carbocycles. The van der Waals surface area contributed by atoms with Gasteiger partial charge < -0.3 is 5.32 Å². The first-order valence-electron chi connectivity index (χ1n) is 8.61. The van der Waals surface area contributed by atoms with Crippen LogP contribution in [0.25, 0.3) is 15.3 Å². The third-order valence-corrected chi connectivity index (χ3v) is 6.58. The number of halogens is 1. The standard InChI is InChI=1S/C20H15BrN4OS/c1-11-18-13(12-6-2-3-7-14(12)21)10-17(26)23-19(18)25(24-11)20-22-15-8-4-5-9-16(15)27-20/h2-9,13H,10H2,1H3,(H,23,26)/t13-/m0/s1. The summed E-state index contributed by atoms with van der Waals surface area (Å²) < 4.78 is 3.87. The van der Waals surface area contributed by atoms with Gasteiger partial charge in [-0.25, -0.2) is 4.98 Å². The second kappa shape index (κ2) is 6.28. The Morgan fingerprint density at radius 3 is 2.78 bits per heavy atom. The number of hydrogen-bond donors (Lipinski definition) is 1. The Morgan fingerprint density at radius 1 is 1.19 bits per heavy atom. The minimum atomic E-state index is -0.0348. The summed E-state index contributed by atoms with van der Waals surface area (Å²) >= 11 is 5.20. The Labute approximate surface area is 168 Å². The number of rotatable bonds is 2. The monoisotopic (exact) mass is 438 g/mol. The van der Waals surface area contributed by atoms with Gasteiger partial charge in [-0.3, -0.25) is 4.79 Å². The van der Waals surface area contributed by atoms with Crippen molar-refractivity contribution in [3.8, 4) is 5.13 Å². The van der Waals surface area contributed by atoms with Crippen LogP contribution < -0.4 is 5.32 Å². The number of benzene rings is 2. The fourth-order valence-electron chi connectivity index (χ4n) is 3.66. The van der Waals surface area contributed by atoms with Gasteiger partial charge in [0.2, 0.25) is 11.0 Å². The predicted octanol–water partition coefficient (Wildman–Crippen LogP) is 5.03.